The first-order valence-corrected chi connectivity index (χ1v) is 4.50. The second kappa shape index (κ2) is 6.93. The van der Waals surface area contributed by atoms with Crippen molar-refractivity contribution >= 4 is 13.1 Å². The Balaban J connectivity index is 0.00000225. The van der Waals surface area contributed by atoms with Gasteiger partial charge in [-0.3, -0.25) is 4.98 Å². The minimum Gasteiger partial charge on any atom is -0.445 e. The van der Waals surface area contributed by atoms with Crippen LogP contribution in [0.3, 0.4) is 0 Å². The molecule has 1 unspecified atom stereocenters. The molecule has 0 aliphatic rings. The molecule has 2 N–H and O–H groups in total. The van der Waals surface area contributed by atoms with E-state index < -0.39 is 6.98 Å². The molecule has 82 valence electrons. The topological polar surface area (TPSA) is 38.9 Å². The van der Waals surface area contributed by atoms with Crippen molar-refractivity contribution < 1.29 is 64.3 Å². The van der Waals surface area contributed by atoms with Gasteiger partial charge in [-0.1, -0.05) is 12.1 Å². The van der Waals surface area contributed by atoms with Crippen molar-refractivity contribution in [1.29, 1.82) is 0 Å². The van der Waals surface area contributed by atoms with Crippen LogP contribution in [-0.4, -0.2) is 12.0 Å². The first-order valence-electron chi connectivity index (χ1n) is 4.50. The van der Waals surface area contributed by atoms with Crippen molar-refractivity contribution in [2.45, 2.75) is 13.0 Å². The maximum atomic E-state index is 11.9. The molecule has 0 aliphatic heterocycles. The number of nitrogens with zero attached hydrogens (tertiary/aromatic N) is 1. The standard InChI is InChI=1S/C9H11BF3N2.K/c1-7(14)9-4-2-3-8(15-9)5-6-10(11,12)13;/h2-7H,14H2,1H3;/q-1;+1/b6-5+;. The Morgan fingerprint density at radius 3 is 2.50 bits per heavy atom. The first kappa shape index (κ1) is 16.3. The fourth-order valence-electron chi connectivity index (χ4n) is 1.02. The number of hydrogen-bond acceptors (Lipinski definition) is 2. The zero-order valence-corrected chi connectivity index (χ0v) is 12.3. The maximum Gasteiger partial charge on any atom is 1.00 e. The molecule has 1 rings (SSSR count). The van der Waals surface area contributed by atoms with Crippen LogP contribution in [0.2, 0.25) is 0 Å². The van der Waals surface area contributed by atoms with E-state index in [1.165, 1.54) is 6.07 Å². The molecule has 0 fully saturated rings. The summed E-state index contributed by atoms with van der Waals surface area (Å²) in [6, 6.07) is 4.54. The minimum atomic E-state index is -4.91. The molecule has 1 aromatic heterocycles. The number of rotatable bonds is 3. The van der Waals surface area contributed by atoms with Crippen LogP contribution in [0.5, 0.6) is 0 Å². The molecule has 0 amide bonds. The normalized spacial score (nSPS) is 13.6. The Bertz CT molecular complexity index is 366. The summed E-state index contributed by atoms with van der Waals surface area (Å²) in [7, 11) is 0. The van der Waals surface area contributed by atoms with Crippen molar-refractivity contribution in [3.05, 3.63) is 35.6 Å². The van der Waals surface area contributed by atoms with Crippen LogP contribution < -0.4 is 57.1 Å². The van der Waals surface area contributed by atoms with Crippen molar-refractivity contribution in [3.63, 3.8) is 0 Å². The first-order chi connectivity index (χ1) is 6.88. The third-order valence-electron chi connectivity index (χ3n) is 1.74. The third-order valence-corrected chi connectivity index (χ3v) is 1.74. The van der Waals surface area contributed by atoms with E-state index in [0.29, 0.717) is 5.69 Å². The molecule has 16 heavy (non-hydrogen) atoms. The molecule has 0 saturated carbocycles. The summed E-state index contributed by atoms with van der Waals surface area (Å²) in [5.74, 6) is 0.216. The van der Waals surface area contributed by atoms with Crippen LogP contribution in [0.4, 0.5) is 12.9 Å². The van der Waals surface area contributed by atoms with Crippen LogP contribution in [0.25, 0.3) is 6.08 Å². The Morgan fingerprint density at radius 1 is 1.38 bits per heavy atom. The number of pyridine rings is 1. The monoisotopic (exact) mass is 254 g/mol. The number of halogens is 3. The fourth-order valence-corrected chi connectivity index (χ4v) is 1.02. The summed E-state index contributed by atoms with van der Waals surface area (Å²) in [4.78, 5) is 3.97. The van der Waals surface area contributed by atoms with Gasteiger partial charge in [-0.15, -0.1) is 5.98 Å². The molecule has 0 aliphatic carbocycles. The van der Waals surface area contributed by atoms with Gasteiger partial charge < -0.3 is 18.7 Å². The number of aromatic nitrogens is 1. The van der Waals surface area contributed by atoms with E-state index in [1.807, 2.05) is 0 Å². The van der Waals surface area contributed by atoms with Crippen molar-refractivity contribution in [2.75, 3.05) is 0 Å². The smallest absolute Gasteiger partial charge is 0.445 e. The van der Waals surface area contributed by atoms with Crippen LogP contribution in [0.1, 0.15) is 24.4 Å². The second-order valence-corrected chi connectivity index (χ2v) is 3.26. The maximum absolute atomic E-state index is 11.9. The van der Waals surface area contributed by atoms with Gasteiger partial charge in [0.25, 0.3) is 0 Å². The van der Waals surface area contributed by atoms with Gasteiger partial charge in [0.15, 0.2) is 0 Å². The summed E-state index contributed by atoms with van der Waals surface area (Å²) in [5, 5.41) is 0. The summed E-state index contributed by atoms with van der Waals surface area (Å²) < 4.78 is 35.8. The van der Waals surface area contributed by atoms with Crippen LogP contribution in [-0.2, 0) is 0 Å². The van der Waals surface area contributed by atoms with Gasteiger partial charge in [-0.05, 0) is 19.1 Å². The predicted molar refractivity (Wildman–Crippen MR) is 55.0 cm³/mol. The molecule has 0 aromatic carbocycles. The van der Waals surface area contributed by atoms with Gasteiger partial charge in [0.2, 0.25) is 0 Å². The van der Waals surface area contributed by atoms with Crippen molar-refractivity contribution in [2.24, 2.45) is 5.73 Å². The predicted octanol–water partition coefficient (Wildman–Crippen LogP) is -0.495. The van der Waals surface area contributed by atoms with E-state index in [9.17, 15) is 12.9 Å². The van der Waals surface area contributed by atoms with Gasteiger partial charge >= 0.3 is 58.4 Å². The molecule has 7 heteroatoms. The number of nitrogens with two attached hydrogens (primary N) is 1. The Morgan fingerprint density at radius 2 is 2.00 bits per heavy atom. The zero-order chi connectivity index (χ0) is 11.5. The molecule has 1 aromatic rings. The molecule has 0 radical (unpaired) electrons. The third kappa shape index (κ3) is 6.17. The largest absolute Gasteiger partial charge is 1.00 e. The fraction of sp³-hybridized carbons (Fsp3) is 0.222. The summed E-state index contributed by atoms with van der Waals surface area (Å²) in [5.41, 5.74) is 6.40. The van der Waals surface area contributed by atoms with Crippen LogP contribution in [0, 0.1) is 0 Å². The van der Waals surface area contributed by atoms with E-state index in [2.05, 4.69) is 4.98 Å². The van der Waals surface area contributed by atoms with Gasteiger partial charge in [-0.25, -0.2) is 0 Å². The Hall–Kier alpha value is 0.341. The van der Waals surface area contributed by atoms with E-state index in [-0.39, 0.29) is 69.1 Å². The molecule has 0 bridgehead atoms. The summed E-state index contributed by atoms with van der Waals surface area (Å²) >= 11 is 0. The molecule has 1 heterocycles. The number of hydrogen-bond donors (Lipinski definition) is 1. The molecule has 1 atom stereocenters. The molecule has 0 spiro atoms. The molecule has 0 saturated heterocycles. The van der Waals surface area contributed by atoms with E-state index in [0.717, 1.165) is 6.08 Å². The summed E-state index contributed by atoms with van der Waals surface area (Å²) in [6.45, 7) is -3.18. The minimum absolute atomic E-state index is 0. The average Bonchev–Trinajstić information content (AvgIpc) is 2.14. The van der Waals surface area contributed by atoms with E-state index >= 15 is 0 Å². The molecular formula is C9H11BF3KN2. The van der Waals surface area contributed by atoms with Crippen molar-refractivity contribution in [3.8, 4) is 0 Å². The SMILES string of the molecule is CC(N)c1cccc(/C=C/[B-](F)(F)F)n1.[K+]. The van der Waals surface area contributed by atoms with E-state index in [4.69, 9.17) is 5.73 Å². The van der Waals surface area contributed by atoms with Crippen LogP contribution >= 0.6 is 0 Å². The average molecular weight is 254 g/mol. The van der Waals surface area contributed by atoms with E-state index in [1.54, 1.807) is 19.1 Å². The quantitative estimate of drug-likeness (QED) is 0.739. The second-order valence-electron chi connectivity index (χ2n) is 3.26. The van der Waals surface area contributed by atoms with Gasteiger partial charge in [0.05, 0.1) is 11.4 Å². The molecular weight excluding hydrogens is 243 g/mol. The summed E-state index contributed by atoms with van der Waals surface area (Å²) in [6.07, 6.45) is 0.950. The Kier molecular flexibility index (Phi) is 7.08. The zero-order valence-electron chi connectivity index (χ0n) is 9.20. The van der Waals surface area contributed by atoms with Crippen molar-refractivity contribution in [1.82, 2.24) is 4.98 Å². The van der Waals surface area contributed by atoms with Gasteiger partial charge in [-0.2, -0.15) is 0 Å². The van der Waals surface area contributed by atoms with Crippen LogP contribution in [0.15, 0.2) is 24.2 Å². The van der Waals surface area contributed by atoms with Gasteiger partial charge in [0.1, 0.15) is 0 Å². The van der Waals surface area contributed by atoms with Gasteiger partial charge in [0, 0.05) is 6.04 Å². The Labute approximate surface area is 135 Å². The molecule has 2 nitrogen and oxygen atoms in total.